The van der Waals surface area contributed by atoms with Crippen LogP contribution in [0, 0.1) is 0 Å². The zero-order chi connectivity index (χ0) is 10.4. The Morgan fingerprint density at radius 1 is 1.14 bits per heavy atom. The van der Waals surface area contributed by atoms with Crippen LogP contribution in [0.15, 0.2) is 0 Å². The van der Waals surface area contributed by atoms with Crippen LogP contribution in [0.2, 0.25) is 0 Å². The topological polar surface area (TPSA) is 9.23 Å². The van der Waals surface area contributed by atoms with Gasteiger partial charge in [-0.25, -0.2) is 0 Å². The molecule has 0 aromatic rings. The number of alkyl halides is 1. The number of halogens is 1. The Hall–Kier alpha value is 0.690. The van der Waals surface area contributed by atoms with Crippen molar-refractivity contribution < 1.29 is 4.74 Å². The maximum Gasteiger partial charge on any atom is 0.0696 e. The van der Waals surface area contributed by atoms with Crippen molar-refractivity contribution in [3.05, 3.63) is 0 Å². The molecule has 1 saturated carbocycles. The van der Waals surface area contributed by atoms with Crippen molar-refractivity contribution >= 4 is 22.6 Å². The van der Waals surface area contributed by atoms with E-state index in [0.29, 0.717) is 12.2 Å². The summed E-state index contributed by atoms with van der Waals surface area (Å²) in [6.45, 7) is 4.46. The summed E-state index contributed by atoms with van der Waals surface area (Å²) in [5.41, 5.74) is 0. The molecule has 1 nitrogen and oxygen atoms in total. The van der Waals surface area contributed by atoms with Crippen LogP contribution in [0.5, 0.6) is 0 Å². The molecule has 0 amide bonds. The molecule has 84 valence electrons. The van der Waals surface area contributed by atoms with Crippen molar-refractivity contribution in [3.8, 4) is 0 Å². The van der Waals surface area contributed by atoms with Crippen LogP contribution in [0.25, 0.3) is 0 Å². The molecule has 0 N–H and O–H groups in total. The highest BCUT2D eigenvalue weighted by atomic mass is 127. The molecule has 1 aliphatic rings. The highest BCUT2D eigenvalue weighted by molar-refractivity contribution is 14.1. The van der Waals surface area contributed by atoms with Gasteiger partial charge < -0.3 is 4.74 Å². The monoisotopic (exact) mass is 310 g/mol. The molecule has 0 aromatic carbocycles. The van der Waals surface area contributed by atoms with Gasteiger partial charge in [0, 0.05) is 3.92 Å². The highest BCUT2D eigenvalue weighted by Gasteiger charge is 2.23. The fourth-order valence-corrected chi connectivity index (χ4v) is 3.08. The second-order valence-corrected chi connectivity index (χ2v) is 5.87. The molecule has 2 atom stereocenters. The summed E-state index contributed by atoms with van der Waals surface area (Å²) in [6, 6.07) is 0. The number of rotatable bonds is 4. The third-order valence-electron chi connectivity index (χ3n) is 3.15. The smallest absolute Gasteiger partial charge is 0.0696 e. The normalized spacial score (nSPS) is 29.1. The van der Waals surface area contributed by atoms with Gasteiger partial charge in [-0.15, -0.1) is 0 Å². The summed E-state index contributed by atoms with van der Waals surface area (Å²) in [6.07, 6.45) is 10.2. The lowest BCUT2D eigenvalue weighted by Gasteiger charge is -2.25. The summed E-state index contributed by atoms with van der Waals surface area (Å²) in [4.78, 5) is 0. The largest absolute Gasteiger partial charge is 0.374 e. The molecule has 0 saturated heterocycles. The van der Waals surface area contributed by atoms with Gasteiger partial charge in [0.1, 0.15) is 0 Å². The van der Waals surface area contributed by atoms with E-state index in [9.17, 15) is 0 Å². The molecule has 0 spiro atoms. The van der Waals surface area contributed by atoms with Crippen LogP contribution in [0.3, 0.4) is 0 Å². The van der Waals surface area contributed by atoms with E-state index in [1.165, 1.54) is 32.1 Å². The summed E-state index contributed by atoms with van der Waals surface area (Å²) < 4.78 is 6.92. The molecule has 14 heavy (non-hydrogen) atoms. The average molecular weight is 310 g/mol. The summed E-state index contributed by atoms with van der Waals surface area (Å²) >= 11 is 2.58. The first kappa shape index (κ1) is 12.8. The van der Waals surface area contributed by atoms with Crippen LogP contribution in [-0.4, -0.2) is 16.1 Å². The molecular weight excluding hydrogens is 287 g/mol. The Bertz CT molecular complexity index is 145. The molecule has 0 bridgehead atoms. The third kappa shape index (κ3) is 4.05. The summed E-state index contributed by atoms with van der Waals surface area (Å²) in [5, 5.41) is 0. The molecular formula is C12H23IO. The molecule has 0 aliphatic heterocycles. The van der Waals surface area contributed by atoms with Gasteiger partial charge in [0.25, 0.3) is 0 Å². The van der Waals surface area contributed by atoms with Crippen LogP contribution in [0.4, 0.5) is 0 Å². The van der Waals surface area contributed by atoms with Gasteiger partial charge in [-0.2, -0.15) is 0 Å². The van der Waals surface area contributed by atoms with Gasteiger partial charge in [0.15, 0.2) is 0 Å². The average Bonchev–Trinajstić information content (AvgIpc) is 2.40. The second kappa shape index (κ2) is 7.04. The SMILES string of the molecule is CCC(CC)OC1CCCCCC1I. The maximum absolute atomic E-state index is 6.17. The first-order valence-corrected chi connectivity index (χ1v) is 7.32. The molecule has 0 radical (unpaired) electrons. The molecule has 0 heterocycles. The fourth-order valence-electron chi connectivity index (χ4n) is 2.11. The summed E-state index contributed by atoms with van der Waals surface area (Å²) in [7, 11) is 0. The van der Waals surface area contributed by atoms with Crippen molar-refractivity contribution in [1.82, 2.24) is 0 Å². The molecule has 1 aliphatic carbocycles. The third-order valence-corrected chi connectivity index (χ3v) is 4.57. The zero-order valence-corrected chi connectivity index (χ0v) is 11.6. The van der Waals surface area contributed by atoms with E-state index in [-0.39, 0.29) is 0 Å². The Morgan fingerprint density at radius 2 is 1.79 bits per heavy atom. The standard InChI is InChI=1S/C12H23IO/c1-3-10(4-2)14-12-9-7-5-6-8-11(12)13/h10-12H,3-9H2,1-2H3. The van der Waals surface area contributed by atoms with Crippen molar-refractivity contribution in [2.45, 2.75) is 74.9 Å². The van der Waals surface area contributed by atoms with E-state index in [0.717, 1.165) is 16.8 Å². The maximum atomic E-state index is 6.17. The quantitative estimate of drug-likeness (QED) is 0.427. The molecule has 1 fully saturated rings. The first-order chi connectivity index (χ1) is 6.77. The van der Waals surface area contributed by atoms with Gasteiger partial charge >= 0.3 is 0 Å². The molecule has 2 heteroatoms. The minimum atomic E-state index is 0.496. The minimum absolute atomic E-state index is 0.496. The second-order valence-electron chi connectivity index (χ2n) is 4.27. The number of hydrogen-bond acceptors (Lipinski definition) is 1. The fraction of sp³-hybridized carbons (Fsp3) is 1.00. The van der Waals surface area contributed by atoms with Crippen molar-refractivity contribution in [3.63, 3.8) is 0 Å². The van der Waals surface area contributed by atoms with Crippen LogP contribution in [-0.2, 0) is 4.74 Å². The van der Waals surface area contributed by atoms with E-state index in [1.54, 1.807) is 0 Å². The lowest BCUT2D eigenvalue weighted by atomic mass is 10.1. The summed E-state index contributed by atoms with van der Waals surface area (Å²) in [5.74, 6) is 0. The Balaban J connectivity index is 2.39. The highest BCUT2D eigenvalue weighted by Crippen LogP contribution is 2.27. The van der Waals surface area contributed by atoms with E-state index in [4.69, 9.17) is 4.74 Å². The first-order valence-electron chi connectivity index (χ1n) is 6.07. The van der Waals surface area contributed by atoms with E-state index in [1.807, 2.05) is 0 Å². The zero-order valence-electron chi connectivity index (χ0n) is 9.47. The number of hydrogen-bond donors (Lipinski definition) is 0. The lowest BCUT2D eigenvalue weighted by Crippen LogP contribution is -2.28. The Morgan fingerprint density at radius 3 is 2.43 bits per heavy atom. The Kier molecular flexibility index (Phi) is 6.42. The molecule has 0 aromatic heterocycles. The Labute approximate surface area is 102 Å². The van der Waals surface area contributed by atoms with Gasteiger partial charge in [-0.3, -0.25) is 0 Å². The van der Waals surface area contributed by atoms with E-state index in [2.05, 4.69) is 36.4 Å². The van der Waals surface area contributed by atoms with Gasteiger partial charge in [0.05, 0.1) is 12.2 Å². The van der Waals surface area contributed by atoms with Gasteiger partial charge in [0.2, 0.25) is 0 Å². The molecule has 1 rings (SSSR count). The van der Waals surface area contributed by atoms with Crippen LogP contribution in [0.1, 0.15) is 58.8 Å². The van der Waals surface area contributed by atoms with Crippen molar-refractivity contribution in [2.24, 2.45) is 0 Å². The van der Waals surface area contributed by atoms with Gasteiger partial charge in [-0.05, 0) is 25.7 Å². The van der Waals surface area contributed by atoms with Crippen molar-refractivity contribution in [1.29, 1.82) is 0 Å². The predicted molar refractivity (Wildman–Crippen MR) is 70.1 cm³/mol. The van der Waals surface area contributed by atoms with Crippen molar-refractivity contribution in [2.75, 3.05) is 0 Å². The minimum Gasteiger partial charge on any atom is -0.374 e. The van der Waals surface area contributed by atoms with Gasteiger partial charge in [-0.1, -0.05) is 55.7 Å². The lowest BCUT2D eigenvalue weighted by molar-refractivity contribution is -0.0171. The molecule has 2 unspecified atom stereocenters. The van der Waals surface area contributed by atoms with Crippen LogP contribution < -0.4 is 0 Å². The van der Waals surface area contributed by atoms with E-state index >= 15 is 0 Å². The van der Waals surface area contributed by atoms with Crippen LogP contribution >= 0.6 is 22.6 Å². The van der Waals surface area contributed by atoms with E-state index < -0.39 is 0 Å². The number of ether oxygens (including phenoxy) is 1. The predicted octanol–water partition coefficient (Wildman–Crippen LogP) is 4.33.